The Morgan fingerprint density at radius 2 is 1.42 bits per heavy atom. The third-order valence-electron chi connectivity index (χ3n) is 14.2. The first kappa shape index (κ1) is 74.6. The molecule has 1 aromatic carbocycles. The van der Waals surface area contributed by atoms with Crippen LogP contribution in [0.4, 0.5) is 4.79 Å². The van der Waals surface area contributed by atoms with Crippen LogP contribution in [0.1, 0.15) is 145 Å². The molecule has 0 bridgehead atoms. The molecule has 8 N–H and O–H groups in total. The molecule has 0 aromatic heterocycles. The van der Waals surface area contributed by atoms with Gasteiger partial charge < -0.3 is 60.8 Å². The number of unbranched alkanes of at least 4 members (excludes halogenated alkanes) is 6. The number of benzene rings is 1. The highest BCUT2D eigenvalue weighted by atomic mass is 31.3. The average molecular weight is 1230 g/mol. The van der Waals surface area contributed by atoms with E-state index in [0.717, 1.165) is 4.90 Å². The van der Waals surface area contributed by atoms with Gasteiger partial charge in [-0.05, 0) is 103 Å². The summed E-state index contributed by atoms with van der Waals surface area (Å²) in [6.07, 6.45) is 3.53. The summed E-state index contributed by atoms with van der Waals surface area (Å²) >= 11 is 0. The van der Waals surface area contributed by atoms with E-state index in [1.165, 1.54) is 45.8 Å². The Morgan fingerprint density at radius 3 is 2.00 bits per heavy atom. The second-order valence-electron chi connectivity index (χ2n) is 21.8. The monoisotopic (exact) mass is 1230 g/mol. The van der Waals surface area contributed by atoms with E-state index in [-0.39, 0.29) is 50.5 Å². The van der Waals surface area contributed by atoms with Crippen molar-refractivity contribution in [3.8, 4) is 0 Å². The van der Waals surface area contributed by atoms with Gasteiger partial charge in [0.1, 0.15) is 36.4 Å². The number of carbonyl (C=O) groups excluding carboxylic acids is 8. The number of esters is 2. The number of phosphoric ester groups is 2. The first-order chi connectivity index (χ1) is 39.5. The molecule has 1 aliphatic rings. The molecule has 0 radical (unpaired) electrons. The predicted octanol–water partition coefficient (Wildman–Crippen LogP) is 6.30. The topological polar surface area (TPSA) is 347 Å². The first-order valence-electron chi connectivity index (χ1n) is 28.9. The van der Waals surface area contributed by atoms with Crippen LogP contribution in [-0.2, 0) is 76.7 Å². The Hall–Kier alpha value is -5.52. The van der Waals surface area contributed by atoms with E-state index in [2.05, 4.69) is 25.6 Å². The molecule has 0 saturated carbocycles. The lowest BCUT2D eigenvalue weighted by atomic mass is 9.90. The van der Waals surface area contributed by atoms with Gasteiger partial charge in [0.2, 0.25) is 23.6 Å². The molecule has 0 fully saturated rings. The second kappa shape index (κ2) is 37.8. The largest absolute Gasteiger partial charge is 0.481 e. The van der Waals surface area contributed by atoms with Crippen LogP contribution in [0.3, 0.4) is 0 Å². The van der Waals surface area contributed by atoms with Gasteiger partial charge in [0.05, 0.1) is 19.8 Å². The van der Waals surface area contributed by atoms with E-state index < -0.39 is 124 Å². The fraction of sp³-hybridized carbons (Fsp3) is 0.684. The molecular weight excluding hydrogens is 1130 g/mol. The molecule has 25 nitrogen and oxygen atoms in total. The lowest BCUT2D eigenvalue weighted by Gasteiger charge is -2.33. The van der Waals surface area contributed by atoms with E-state index in [9.17, 15) is 57.3 Å². The zero-order chi connectivity index (χ0) is 63.3. The third kappa shape index (κ3) is 27.2. The van der Waals surface area contributed by atoms with Crippen molar-refractivity contribution in [2.24, 2.45) is 23.5 Å². The number of hydrogen-bond acceptors (Lipinski definition) is 17. The van der Waals surface area contributed by atoms with Crippen LogP contribution < -0.4 is 27.0 Å². The maximum Gasteiger partial charge on any atom is 0.481 e. The standard InChI is InChI=1S/C57H95N7O18P2/c1-13-38(5)49-52(67)61-43(10)56(71)81-50(39(6)14-2)41(8)46(80-57(72)59-31-23-16-15-17-24-32-77-83(73,74)82-84(75,76)78-33-25-19-22-30-58)29-28-40(7)55(70)79-47(34-37(3)4)51(66)60-42(9)53(68)64(12)45(35-44-26-20-18-21-27-44)54(69)63(11)36-48(65)62-49/h14,18,20-21,26-28,37-38,41-43,45-47,49-50H,13,15-17,19,22-25,29-36,58H2,1-12H3,(H,59,72)(H,60,66)(H,61,67)(H,62,65)(H,73,74)(H,75,76)/b39-14+,40-28+/t38?,41-,42-,43+,45+,46-,47+,49-,50+/m0/s1. The number of phosphoric acid groups is 2. The molecule has 84 heavy (non-hydrogen) atoms. The highest BCUT2D eigenvalue weighted by Gasteiger charge is 2.39. The zero-order valence-corrected chi connectivity index (χ0v) is 52.9. The van der Waals surface area contributed by atoms with Crippen LogP contribution >= 0.6 is 15.6 Å². The number of allylic oxidation sites excluding steroid dienone is 1. The molecule has 0 saturated heterocycles. The number of rotatable bonds is 25. The number of amides is 6. The SMILES string of the molecule is C/C=C(\C)[C@H]1OC(=O)[C@@H](C)NC(=O)[C@H](C(C)CC)NC(=O)CN(C)C(=O)[C@@H](Cc2ccccc2)N(C)C(=O)[C@H](C)NC(=O)[C@@H](CC(C)C)OC(=O)/C(C)=C/C[C@H](OC(=O)NCCCCCCCOP(=O)(O)OP(=O)(O)OCCCCCN)[C@@H]1C. The number of cyclic esters (lactones) is 2. The van der Waals surface area contributed by atoms with Crippen molar-refractivity contribution in [2.45, 2.75) is 189 Å². The molecule has 27 heteroatoms. The summed E-state index contributed by atoms with van der Waals surface area (Å²) in [7, 11) is -6.95. The van der Waals surface area contributed by atoms with Crippen LogP contribution in [0.15, 0.2) is 53.6 Å². The maximum atomic E-state index is 14.3. The van der Waals surface area contributed by atoms with Gasteiger partial charge in [0.25, 0.3) is 5.91 Å². The normalized spacial score (nSPS) is 25.2. The van der Waals surface area contributed by atoms with Gasteiger partial charge in [-0.25, -0.2) is 23.5 Å². The number of nitrogens with two attached hydrogens (primary N) is 1. The summed E-state index contributed by atoms with van der Waals surface area (Å²) < 4.78 is 56.2. The van der Waals surface area contributed by atoms with Crippen molar-refractivity contribution in [3.63, 3.8) is 0 Å². The molecule has 476 valence electrons. The van der Waals surface area contributed by atoms with Gasteiger partial charge in [-0.2, -0.15) is 4.31 Å². The van der Waals surface area contributed by atoms with Gasteiger partial charge in [-0.1, -0.05) is 103 Å². The summed E-state index contributed by atoms with van der Waals surface area (Å²) in [5.74, 6) is -6.58. The van der Waals surface area contributed by atoms with Crippen LogP contribution in [0.5, 0.6) is 0 Å². The van der Waals surface area contributed by atoms with Crippen molar-refractivity contribution in [1.82, 2.24) is 31.1 Å². The van der Waals surface area contributed by atoms with E-state index >= 15 is 0 Å². The van der Waals surface area contributed by atoms with Gasteiger partial charge >= 0.3 is 33.7 Å². The summed E-state index contributed by atoms with van der Waals surface area (Å²) in [4.78, 5) is 134. The maximum absolute atomic E-state index is 14.3. The summed E-state index contributed by atoms with van der Waals surface area (Å²) in [6, 6.07) is 4.10. The minimum atomic E-state index is -4.90. The Kier molecular flexibility index (Phi) is 33.6. The van der Waals surface area contributed by atoms with Crippen LogP contribution in [0, 0.1) is 17.8 Å². The molecule has 1 aliphatic heterocycles. The summed E-state index contributed by atoms with van der Waals surface area (Å²) in [6.45, 7) is 16.3. The molecule has 1 heterocycles. The number of nitrogens with zero attached hydrogens (tertiary/aromatic N) is 2. The number of hydrogen-bond donors (Lipinski definition) is 7. The number of likely N-dealkylation sites (N-methyl/N-ethyl adjacent to an activating group) is 2. The third-order valence-corrected chi connectivity index (χ3v) is 16.9. The lowest BCUT2D eigenvalue weighted by molar-refractivity contribution is -0.155. The van der Waals surface area contributed by atoms with Crippen molar-refractivity contribution in [3.05, 3.63) is 59.2 Å². The number of ether oxygens (including phenoxy) is 3. The highest BCUT2D eigenvalue weighted by molar-refractivity contribution is 7.61. The molecule has 3 unspecified atom stereocenters. The smallest absolute Gasteiger partial charge is 0.456 e. The molecular formula is C57H95N7O18P2. The van der Waals surface area contributed by atoms with Crippen LogP contribution in [0.25, 0.3) is 0 Å². The Bertz CT molecular complexity index is 2470. The highest BCUT2D eigenvalue weighted by Crippen LogP contribution is 2.60. The quantitative estimate of drug-likeness (QED) is 0.0186. The van der Waals surface area contributed by atoms with Gasteiger partial charge in [-0.15, -0.1) is 0 Å². The average Bonchev–Trinajstić information content (AvgIpc) is 3.44. The fourth-order valence-electron chi connectivity index (χ4n) is 8.78. The number of alkyl carbamates (subject to hydrolysis) is 1. The zero-order valence-electron chi connectivity index (χ0n) is 51.1. The molecule has 1 aromatic rings. The fourth-order valence-corrected chi connectivity index (χ4v) is 10.9. The molecule has 11 atom stereocenters. The number of nitrogens with one attached hydrogen (secondary N) is 4. The summed E-state index contributed by atoms with van der Waals surface area (Å²) in [5, 5.41) is 10.8. The number of carbonyl (C=O) groups is 8. The van der Waals surface area contributed by atoms with Crippen molar-refractivity contribution < 1.29 is 84.8 Å². The van der Waals surface area contributed by atoms with E-state index in [1.54, 1.807) is 64.1 Å². The Labute approximate surface area is 495 Å². The van der Waals surface area contributed by atoms with Crippen molar-refractivity contribution >= 4 is 63.2 Å². The van der Waals surface area contributed by atoms with E-state index in [0.29, 0.717) is 75.5 Å². The summed E-state index contributed by atoms with van der Waals surface area (Å²) in [5.41, 5.74) is 6.72. The minimum absolute atomic E-state index is 0.0388. The van der Waals surface area contributed by atoms with Crippen LogP contribution in [0.2, 0.25) is 0 Å². The van der Waals surface area contributed by atoms with Crippen molar-refractivity contribution in [1.29, 1.82) is 0 Å². The van der Waals surface area contributed by atoms with Crippen LogP contribution in [-0.4, -0.2) is 157 Å². The minimum Gasteiger partial charge on any atom is -0.456 e. The molecule has 0 spiro atoms. The van der Waals surface area contributed by atoms with E-state index in [1.807, 2.05) is 20.8 Å². The molecule has 0 aliphatic carbocycles. The van der Waals surface area contributed by atoms with E-state index in [4.69, 9.17) is 29.0 Å². The predicted molar refractivity (Wildman–Crippen MR) is 314 cm³/mol. The second-order valence-corrected chi connectivity index (χ2v) is 24.9. The van der Waals surface area contributed by atoms with Gasteiger partial charge in [0, 0.05) is 45.0 Å². The molecule has 2 rings (SSSR count). The molecule has 6 amide bonds. The Morgan fingerprint density at radius 1 is 0.833 bits per heavy atom. The lowest BCUT2D eigenvalue weighted by Crippen LogP contribution is -2.57. The Balaban J connectivity index is 2.44. The van der Waals surface area contributed by atoms with Crippen molar-refractivity contribution in [2.75, 3.05) is 46.9 Å². The van der Waals surface area contributed by atoms with Gasteiger partial charge in [0.15, 0.2) is 6.10 Å². The first-order valence-corrected chi connectivity index (χ1v) is 31.9. The van der Waals surface area contributed by atoms with Gasteiger partial charge in [-0.3, -0.25) is 33.0 Å².